The summed E-state index contributed by atoms with van der Waals surface area (Å²) in [6, 6.07) is 13.5. The molecule has 2 aromatic carbocycles. The molecule has 1 fully saturated rings. The second-order valence-electron chi connectivity index (χ2n) is 6.40. The van der Waals surface area contributed by atoms with Crippen molar-refractivity contribution in [2.75, 3.05) is 32.4 Å². The third kappa shape index (κ3) is 4.42. The maximum atomic E-state index is 13.7. The molecule has 1 atom stereocenters. The molecule has 1 saturated heterocycles. The number of halogens is 3. The average Bonchev–Trinajstić information content (AvgIpc) is 2.91. The number of benzene rings is 2. The van der Waals surface area contributed by atoms with Crippen LogP contribution in [0.3, 0.4) is 0 Å². The van der Waals surface area contributed by atoms with Crippen molar-refractivity contribution < 1.29 is 13.2 Å². The summed E-state index contributed by atoms with van der Waals surface area (Å²) in [5.74, 6) is 0. The summed E-state index contributed by atoms with van der Waals surface area (Å²) in [5, 5.41) is 3.33. The maximum Gasteiger partial charge on any atom is 0.416 e. The Morgan fingerprint density at radius 3 is 2.42 bits per heavy atom. The molecule has 26 heavy (non-hydrogen) atoms. The van der Waals surface area contributed by atoms with Crippen molar-refractivity contribution in [3.63, 3.8) is 0 Å². The van der Waals surface area contributed by atoms with Gasteiger partial charge in [0.25, 0.3) is 0 Å². The molecule has 0 aromatic heterocycles. The van der Waals surface area contributed by atoms with Gasteiger partial charge in [0.05, 0.1) is 11.6 Å². The van der Waals surface area contributed by atoms with Crippen molar-refractivity contribution in [3.05, 3.63) is 65.2 Å². The van der Waals surface area contributed by atoms with E-state index in [4.69, 9.17) is 0 Å². The normalized spacial score (nSPS) is 17.7. The lowest BCUT2D eigenvalue weighted by Crippen LogP contribution is -2.34. The van der Waals surface area contributed by atoms with Crippen molar-refractivity contribution in [2.45, 2.75) is 23.5 Å². The van der Waals surface area contributed by atoms with Gasteiger partial charge in [-0.1, -0.05) is 30.3 Å². The van der Waals surface area contributed by atoms with Gasteiger partial charge in [0.15, 0.2) is 0 Å². The summed E-state index contributed by atoms with van der Waals surface area (Å²) in [4.78, 5) is 3.27. The van der Waals surface area contributed by atoms with Crippen LogP contribution in [-0.2, 0) is 6.18 Å². The monoisotopic (exact) mass is 380 g/mol. The molecule has 3 rings (SSSR count). The molecule has 1 aliphatic rings. The molecule has 2 aromatic rings. The quantitative estimate of drug-likeness (QED) is 0.766. The molecule has 0 amide bonds. The Labute approximate surface area is 156 Å². The summed E-state index contributed by atoms with van der Waals surface area (Å²) in [7, 11) is 0. The van der Waals surface area contributed by atoms with Crippen LogP contribution in [0.5, 0.6) is 0 Å². The predicted octanol–water partition coefficient (Wildman–Crippen LogP) is 4.81. The van der Waals surface area contributed by atoms with Crippen LogP contribution in [0.1, 0.15) is 29.2 Å². The molecular formula is C20H23F3N2S. The second kappa shape index (κ2) is 8.46. The SMILES string of the molecule is CSc1ccc(C(c2ccccc2C(F)(F)F)N2CCCNCC2)cc1. The summed E-state index contributed by atoms with van der Waals surface area (Å²) < 4.78 is 41.0. The molecular weight excluding hydrogens is 357 g/mol. The van der Waals surface area contributed by atoms with Gasteiger partial charge in [-0.3, -0.25) is 4.90 Å². The first-order valence-electron chi connectivity index (χ1n) is 8.75. The molecule has 0 bridgehead atoms. The van der Waals surface area contributed by atoms with Crippen molar-refractivity contribution in [3.8, 4) is 0 Å². The maximum absolute atomic E-state index is 13.7. The minimum absolute atomic E-state index is 0.332. The Morgan fingerprint density at radius 1 is 1.00 bits per heavy atom. The van der Waals surface area contributed by atoms with Crippen LogP contribution in [0.15, 0.2) is 53.4 Å². The van der Waals surface area contributed by atoms with E-state index in [9.17, 15) is 13.2 Å². The fraction of sp³-hybridized carbons (Fsp3) is 0.400. The van der Waals surface area contributed by atoms with Gasteiger partial charge < -0.3 is 5.32 Å². The fourth-order valence-electron chi connectivity index (χ4n) is 3.49. The van der Waals surface area contributed by atoms with Gasteiger partial charge in [-0.15, -0.1) is 11.8 Å². The van der Waals surface area contributed by atoms with Crippen LogP contribution in [0.4, 0.5) is 13.2 Å². The van der Waals surface area contributed by atoms with E-state index in [0.29, 0.717) is 5.56 Å². The van der Waals surface area contributed by atoms with Gasteiger partial charge >= 0.3 is 6.18 Å². The highest BCUT2D eigenvalue weighted by Gasteiger charge is 2.36. The van der Waals surface area contributed by atoms with Crippen molar-refractivity contribution in [1.29, 1.82) is 0 Å². The van der Waals surface area contributed by atoms with Crippen molar-refractivity contribution >= 4 is 11.8 Å². The van der Waals surface area contributed by atoms with Crippen LogP contribution < -0.4 is 5.32 Å². The molecule has 140 valence electrons. The molecule has 0 spiro atoms. The highest BCUT2D eigenvalue weighted by atomic mass is 32.2. The van der Waals surface area contributed by atoms with E-state index < -0.39 is 17.8 Å². The lowest BCUT2D eigenvalue weighted by atomic mass is 9.92. The van der Waals surface area contributed by atoms with Gasteiger partial charge in [0.1, 0.15) is 0 Å². The summed E-state index contributed by atoms with van der Waals surface area (Å²) in [6.07, 6.45) is -1.45. The van der Waals surface area contributed by atoms with Crippen molar-refractivity contribution in [2.24, 2.45) is 0 Å². The average molecular weight is 380 g/mol. The lowest BCUT2D eigenvalue weighted by molar-refractivity contribution is -0.138. The number of rotatable bonds is 4. The largest absolute Gasteiger partial charge is 0.416 e. The van der Waals surface area contributed by atoms with Gasteiger partial charge in [0, 0.05) is 24.5 Å². The Morgan fingerprint density at radius 2 is 1.73 bits per heavy atom. The summed E-state index contributed by atoms with van der Waals surface area (Å²) in [5.41, 5.74) is 0.691. The number of hydrogen-bond donors (Lipinski definition) is 1. The van der Waals surface area contributed by atoms with Crippen LogP contribution in [0, 0.1) is 0 Å². The van der Waals surface area contributed by atoms with Gasteiger partial charge in [-0.05, 0) is 48.5 Å². The molecule has 1 heterocycles. The van der Waals surface area contributed by atoms with E-state index in [1.807, 2.05) is 30.5 Å². The topological polar surface area (TPSA) is 15.3 Å². The summed E-state index contributed by atoms with van der Waals surface area (Å²) in [6.45, 7) is 3.18. The van der Waals surface area contributed by atoms with Crippen LogP contribution in [0.25, 0.3) is 0 Å². The second-order valence-corrected chi connectivity index (χ2v) is 7.28. The van der Waals surface area contributed by atoms with E-state index >= 15 is 0 Å². The highest BCUT2D eigenvalue weighted by molar-refractivity contribution is 7.98. The third-order valence-corrected chi connectivity index (χ3v) is 5.48. The smallest absolute Gasteiger partial charge is 0.315 e. The summed E-state index contributed by atoms with van der Waals surface area (Å²) >= 11 is 1.63. The fourth-order valence-corrected chi connectivity index (χ4v) is 3.90. The van der Waals surface area contributed by atoms with Gasteiger partial charge in [-0.2, -0.15) is 13.2 Å². The van der Waals surface area contributed by atoms with Crippen LogP contribution in [0.2, 0.25) is 0 Å². The zero-order chi connectivity index (χ0) is 18.6. The van der Waals surface area contributed by atoms with Crippen LogP contribution in [-0.4, -0.2) is 37.3 Å². The number of hydrogen-bond acceptors (Lipinski definition) is 3. The highest BCUT2D eigenvalue weighted by Crippen LogP contribution is 2.39. The standard InChI is InChI=1S/C20H23F3N2S/c1-26-16-9-7-15(8-10-16)19(25-13-4-11-24-12-14-25)17-5-2-3-6-18(17)20(21,22)23/h2-3,5-10,19,24H,4,11-14H2,1H3. The molecule has 0 radical (unpaired) electrons. The molecule has 0 saturated carbocycles. The minimum atomic E-state index is -4.36. The van der Waals surface area contributed by atoms with E-state index in [0.717, 1.165) is 43.1 Å². The Kier molecular flexibility index (Phi) is 6.27. The minimum Gasteiger partial charge on any atom is -0.315 e. The number of nitrogens with zero attached hydrogens (tertiary/aromatic N) is 1. The first kappa shape index (κ1) is 19.3. The Balaban J connectivity index is 2.08. The predicted molar refractivity (Wildman–Crippen MR) is 101 cm³/mol. The molecule has 0 aliphatic carbocycles. The molecule has 1 unspecified atom stereocenters. The van der Waals surface area contributed by atoms with Gasteiger partial charge in [-0.25, -0.2) is 0 Å². The third-order valence-electron chi connectivity index (χ3n) is 4.73. The first-order valence-corrected chi connectivity index (χ1v) is 9.98. The lowest BCUT2D eigenvalue weighted by Gasteiger charge is -2.33. The molecule has 6 heteroatoms. The number of alkyl halides is 3. The number of nitrogens with one attached hydrogen (secondary N) is 1. The first-order chi connectivity index (χ1) is 12.5. The zero-order valence-electron chi connectivity index (χ0n) is 14.7. The zero-order valence-corrected chi connectivity index (χ0v) is 15.5. The van der Waals surface area contributed by atoms with E-state index in [2.05, 4.69) is 10.2 Å². The molecule has 2 nitrogen and oxygen atoms in total. The van der Waals surface area contributed by atoms with E-state index in [1.165, 1.54) is 12.1 Å². The molecule has 1 N–H and O–H groups in total. The van der Waals surface area contributed by atoms with Crippen molar-refractivity contribution in [1.82, 2.24) is 10.2 Å². The van der Waals surface area contributed by atoms with E-state index in [-0.39, 0.29) is 0 Å². The van der Waals surface area contributed by atoms with Gasteiger partial charge in [0.2, 0.25) is 0 Å². The number of thioether (sulfide) groups is 1. The van der Waals surface area contributed by atoms with Crippen LogP contribution >= 0.6 is 11.8 Å². The molecule has 1 aliphatic heterocycles. The Bertz CT molecular complexity index is 708. The Hall–Kier alpha value is -1.50. The van der Waals surface area contributed by atoms with E-state index in [1.54, 1.807) is 23.9 Å².